The number of benzene rings is 1. The van der Waals surface area contributed by atoms with Crippen molar-refractivity contribution in [1.82, 2.24) is 4.57 Å². The number of amides is 1. The van der Waals surface area contributed by atoms with E-state index >= 15 is 0 Å². The van der Waals surface area contributed by atoms with E-state index in [0.717, 1.165) is 0 Å². The second kappa shape index (κ2) is 7.80. The van der Waals surface area contributed by atoms with E-state index in [4.69, 9.17) is 9.15 Å². The largest absolute Gasteiger partial charge is 0.449 e. The Bertz CT molecular complexity index is 1050. The fourth-order valence-electron chi connectivity index (χ4n) is 2.58. The number of carbonyl (C=O) groups is 2. The van der Waals surface area contributed by atoms with Crippen LogP contribution >= 0.6 is 0 Å². The molecule has 3 rings (SSSR count). The van der Waals surface area contributed by atoms with Gasteiger partial charge in [0, 0.05) is 18.1 Å². The summed E-state index contributed by atoms with van der Waals surface area (Å²) in [6.45, 7) is 2.93. The molecule has 0 radical (unpaired) electrons. The zero-order valence-corrected chi connectivity index (χ0v) is 15.1. The number of aromatic nitrogens is 1. The zero-order chi connectivity index (χ0) is 20.3. The first-order chi connectivity index (χ1) is 13.4. The molecule has 0 saturated carbocycles. The highest BCUT2D eigenvalue weighted by molar-refractivity contribution is 5.99. The van der Waals surface area contributed by atoms with Crippen molar-refractivity contribution in [3.63, 3.8) is 0 Å². The van der Waals surface area contributed by atoms with Gasteiger partial charge in [0.05, 0.1) is 0 Å². The SMILES string of the molecule is Cc1oc(-n2cccc2)c(C#N)c1C(=O)O[C@@H](C)C(=O)Nc1ccc(F)cc1. The number of esters is 1. The Morgan fingerprint density at radius 2 is 1.89 bits per heavy atom. The average Bonchev–Trinajstić information content (AvgIpc) is 3.30. The second-order valence-electron chi connectivity index (χ2n) is 5.96. The molecule has 1 amide bonds. The average molecular weight is 381 g/mol. The highest BCUT2D eigenvalue weighted by Crippen LogP contribution is 2.26. The number of nitrogens with one attached hydrogen (secondary N) is 1. The van der Waals surface area contributed by atoms with Crippen LogP contribution in [-0.2, 0) is 9.53 Å². The van der Waals surface area contributed by atoms with E-state index < -0.39 is 23.8 Å². The third-order valence-corrected chi connectivity index (χ3v) is 3.99. The Hall–Kier alpha value is -3.86. The second-order valence-corrected chi connectivity index (χ2v) is 5.96. The normalized spacial score (nSPS) is 11.5. The molecule has 0 unspecified atom stereocenters. The van der Waals surface area contributed by atoms with Gasteiger partial charge in [0.2, 0.25) is 5.88 Å². The van der Waals surface area contributed by atoms with Crippen molar-refractivity contribution in [3.8, 4) is 12.0 Å². The van der Waals surface area contributed by atoms with Gasteiger partial charge >= 0.3 is 5.97 Å². The summed E-state index contributed by atoms with van der Waals surface area (Å²) in [5, 5.41) is 12.0. The minimum absolute atomic E-state index is 0.0184. The van der Waals surface area contributed by atoms with Crippen LogP contribution in [0.15, 0.2) is 53.2 Å². The lowest BCUT2D eigenvalue weighted by Crippen LogP contribution is -2.30. The summed E-state index contributed by atoms with van der Waals surface area (Å²) in [5.41, 5.74) is 0.346. The number of hydrogen-bond donors (Lipinski definition) is 1. The predicted octanol–water partition coefficient (Wildman–Crippen LogP) is 3.57. The third kappa shape index (κ3) is 3.78. The van der Waals surface area contributed by atoms with Crippen LogP contribution < -0.4 is 5.32 Å². The zero-order valence-electron chi connectivity index (χ0n) is 15.1. The van der Waals surface area contributed by atoms with Gasteiger partial charge in [-0.25, -0.2) is 9.18 Å². The molecular formula is C20H16FN3O4. The maximum Gasteiger partial charge on any atom is 0.343 e. The summed E-state index contributed by atoms with van der Waals surface area (Å²) in [7, 11) is 0. The fourth-order valence-corrected chi connectivity index (χ4v) is 2.58. The summed E-state index contributed by atoms with van der Waals surface area (Å²) in [6.07, 6.45) is 2.20. The number of nitriles is 1. The lowest BCUT2D eigenvalue weighted by atomic mass is 10.1. The highest BCUT2D eigenvalue weighted by Gasteiger charge is 2.28. The van der Waals surface area contributed by atoms with Crippen LogP contribution in [0.4, 0.5) is 10.1 Å². The van der Waals surface area contributed by atoms with E-state index in [2.05, 4.69) is 5.32 Å². The fraction of sp³-hybridized carbons (Fsp3) is 0.150. The van der Waals surface area contributed by atoms with Crippen LogP contribution in [0.2, 0.25) is 0 Å². The minimum atomic E-state index is -1.14. The number of rotatable bonds is 5. The van der Waals surface area contributed by atoms with E-state index in [1.165, 1.54) is 38.1 Å². The molecule has 1 aromatic carbocycles. The van der Waals surface area contributed by atoms with Crippen molar-refractivity contribution in [1.29, 1.82) is 5.26 Å². The number of nitrogens with zero attached hydrogens (tertiary/aromatic N) is 2. The van der Waals surface area contributed by atoms with Crippen molar-refractivity contribution < 1.29 is 23.1 Å². The summed E-state index contributed by atoms with van der Waals surface area (Å²) in [4.78, 5) is 24.8. The van der Waals surface area contributed by atoms with Gasteiger partial charge in [0.25, 0.3) is 5.91 Å². The first-order valence-corrected chi connectivity index (χ1v) is 8.35. The summed E-state index contributed by atoms with van der Waals surface area (Å²) >= 11 is 0. The van der Waals surface area contributed by atoms with E-state index in [1.54, 1.807) is 29.1 Å². The quantitative estimate of drug-likeness (QED) is 0.682. The van der Waals surface area contributed by atoms with Gasteiger partial charge in [-0.3, -0.25) is 9.36 Å². The molecule has 28 heavy (non-hydrogen) atoms. The number of anilines is 1. The molecule has 1 atom stereocenters. The maximum atomic E-state index is 12.9. The molecule has 3 aromatic rings. The van der Waals surface area contributed by atoms with Crippen molar-refractivity contribution in [2.24, 2.45) is 0 Å². The van der Waals surface area contributed by atoms with E-state index in [1.807, 2.05) is 6.07 Å². The smallest absolute Gasteiger partial charge is 0.343 e. The number of hydrogen-bond acceptors (Lipinski definition) is 5. The summed E-state index contributed by atoms with van der Waals surface area (Å²) in [6, 6.07) is 10.6. The molecule has 1 N–H and O–H groups in total. The molecule has 0 spiro atoms. The van der Waals surface area contributed by atoms with Gasteiger partial charge in [-0.1, -0.05) is 0 Å². The number of aryl methyl sites for hydroxylation is 1. The van der Waals surface area contributed by atoms with Crippen molar-refractivity contribution >= 4 is 17.6 Å². The highest BCUT2D eigenvalue weighted by atomic mass is 19.1. The summed E-state index contributed by atoms with van der Waals surface area (Å²) < 4.78 is 25.3. The monoisotopic (exact) mass is 381 g/mol. The number of furan rings is 1. The molecule has 0 fully saturated rings. The molecule has 0 saturated heterocycles. The Labute approximate surface area is 159 Å². The predicted molar refractivity (Wildman–Crippen MR) is 97.4 cm³/mol. The van der Waals surface area contributed by atoms with Gasteiger partial charge in [0.1, 0.15) is 28.8 Å². The van der Waals surface area contributed by atoms with Gasteiger partial charge < -0.3 is 14.5 Å². The van der Waals surface area contributed by atoms with E-state index in [9.17, 15) is 19.2 Å². The van der Waals surface area contributed by atoms with Gasteiger partial charge in [0.15, 0.2) is 6.10 Å². The van der Waals surface area contributed by atoms with Crippen LogP contribution in [0.1, 0.15) is 28.6 Å². The molecule has 2 heterocycles. The molecule has 0 aliphatic carbocycles. The van der Waals surface area contributed by atoms with E-state index in [0.29, 0.717) is 5.69 Å². The van der Waals surface area contributed by atoms with Crippen LogP contribution in [0.3, 0.4) is 0 Å². The first-order valence-electron chi connectivity index (χ1n) is 8.35. The molecule has 8 heteroatoms. The Balaban J connectivity index is 1.76. The van der Waals surface area contributed by atoms with Crippen molar-refractivity contribution in [2.45, 2.75) is 20.0 Å². The number of halogens is 1. The van der Waals surface area contributed by atoms with Crippen LogP contribution in [0.5, 0.6) is 0 Å². The van der Waals surface area contributed by atoms with Gasteiger partial charge in [-0.05, 0) is 50.2 Å². The third-order valence-electron chi connectivity index (χ3n) is 3.99. The standard InChI is InChI=1S/C20H16FN3O4/c1-12-17(16(11-22)19(27-12)24-9-3-4-10-24)20(26)28-13(2)18(25)23-15-7-5-14(21)6-8-15/h3-10,13H,1-2H3,(H,23,25)/t13-/m0/s1. The van der Waals surface area contributed by atoms with Crippen LogP contribution in [0, 0.1) is 24.1 Å². The number of carbonyl (C=O) groups excluding carboxylic acids is 2. The molecule has 2 aromatic heterocycles. The minimum Gasteiger partial charge on any atom is -0.449 e. The van der Waals surface area contributed by atoms with Crippen molar-refractivity contribution in [2.75, 3.05) is 5.32 Å². The Kier molecular flexibility index (Phi) is 5.27. The van der Waals surface area contributed by atoms with Crippen LogP contribution in [0.25, 0.3) is 5.88 Å². The molecule has 0 aliphatic heterocycles. The Morgan fingerprint density at radius 1 is 1.25 bits per heavy atom. The van der Waals surface area contributed by atoms with Crippen LogP contribution in [-0.4, -0.2) is 22.5 Å². The lowest BCUT2D eigenvalue weighted by Gasteiger charge is -2.13. The van der Waals surface area contributed by atoms with Crippen molar-refractivity contribution in [3.05, 3.63) is 71.5 Å². The van der Waals surface area contributed by atoms with Gasteiger partial charge in [-0.2, -0.15) is 5.26 Å². The topological polar surface area (TPSA) is 97.3 Å². The number of ether oxygens (including phenoxy) is 1. The summed E-state index contributed by atoms with van der Waals surface area (Å²) in [5.74, 6) is -1.48. The van der Waals surface area contributed by atoms with E-state index in [-0.39, 0.29) is 22.8 Å². The molecular weight excluding hydrogens is 365 g/mol. The molecule has 0 bridgehead atoms. The van der Waals surface area contributed by atoms with Gasteiger partial charge in [-0.15, -0.1) is 0 Å². The molecule has 142 valence electrons. The maximum absolute atomic E-state index is 12.9. The Morgan fingerprint density at radius 3 is 2.50 bits per heavy atom. The molecule has 7 nitrogen and oxygen atoms in total. The lowest BCUT2D eigenvalue weighted by molar-refractivity contribution is -0.123. The molecule has 0 aliphatic rings. The first kappa shape index (κ1) is 18.9.